The van der Waals surface area contributed by atoms with Gasteiger partial charge in [0.2, 0.25) is 15.9 Å². The third-order valence-corrected chi connectivity index (χ3v) is 8.18. The van der Waals surface area contributed by atoms with Crippen LogP contribution in [0, 0.1) is 5.92 Å². The number of nitrogens with zero attached hydrogens (tertiary/aromatic N) is 2. The van der Waals surface area contributed by atoms with Crippen molar-refractivity contribution in [1.29, 1.82) is 0 Å². The average molecular weight is 470 g/mol. The van der Waals surface area contributed by atoms with Crippen LogP contribution in [0.15, 0.2) is 59.6 Å². The third kappa shape index (κ3) is 5.07. The number of methoxy groups -OCH3 is 1. The monoisotopic (exact) mass is 469 g/mol. The molecular formula is C25H31N3O4S. The number of amides is 1. The lowest BCUT2D eigenvalue weighted by Gasteiger charge is -2.31. The maximum absolute atomic E-state index is 13.3. The molecule has 0 spiro atoms. The van der Waals surface area contributed by atoms with Crippen molar-refractivity contribution in [2.75, 3.05) is 26.7 Å². The Hall–Kier alpha value is -2.84. The molecule has 176 valence electrons. The van der Waals surface area contributed by atoms with Gasteiger partial charge in [-0.1, -0.05) is 12.1 Å². The summed E-state index contributed by atoms with van der Waals surface area (Å²) >= 11 is 0. The van der Waals surface area contributed by atoms with Crippen LogP contribution in [0.1, 0.15) is 25.3 Å². The van der Waals surface area contributed by atoms with Crippen LogP contribution in [0.2, 0.25) is 0 Å². The van der Waals surface area contributed by atoms with Gasteiger partial charge in [-0.25, -0.2) is 8.42 Å². The first kappa shape index (κ1) is 23.3. The predicted molar refractivity (Wildman–Crippen MR) is 129 cm³/mol. The van der Waals surface area contributed by atoms with Crippen molar-refractivity contribution in [2.24, 2.45) is 5.92 Å². The molecule has 0 saturated carbocycles. The topological polar surface area (TPSA) is 80.6 Å². The molecule has 1 atom stereocenters. The Balaban J connectivity index is 1.39. The van der Waals surface area contributed by atoms with Crippen LogP contribution in [0.25, 0.3) is 10.9 Å². The van der Waals surface area contributed by atoms with Crippen molar-refractivity contribution in [3.05, 3.63) is 60.3 Å². The van der Waals surface area contributed by atoms with Gasteiger partial charge in [0.25, 0.3) is 0 Å². The van der Waals surface area contributed by atoms with E-state index in [1.54, 1.807) is 19.2 Å². The summed E-state index contributed by atoms with van der Waals surface area (Å²) in [4.78, 5) is 13.1. The molecule has 1 fully saturated rings. The van der Waals surface area contributed by atoms with Crippen LogP contribution >= 0.6 is 0 Å². The molecule has 8 heteroatoms. The molecule has 2 heterocycles. The number of aromatic nitrogens is 1. The van der Waals surface area contributed by atoms with Crippen LogP contribution < -0.4 is 10.1 Å². The third-order valence-electron chi connectivity index (χ3n) is 6.32. The second-order valence-corrected chi connectivity index (χ2v) is 10.4. The molecule has 1 N–H and O–H groups in total. The molecule has 0 radical (unpaired) electrons. The molecule has 1 saturated heterocycles. The summed E-state index contributed by atoms with van der Waals surface area (Å²) in [7, 11) is -2.03. The van der Waals surface area contributed by atoms with Gasteiger partial charge in [0.15, 0.2) is 0 Å². The number of fused-ring (bicyclic) bond motifs is 1. The highest BCUT2D eigenvalue weighted by Crippen LogP contribution is 2.27. The van der Waals surface area contributed by atoms with Gasteiger partial charge in [0, 0.05) is 43.3 Å². The lowest BCUT2D eigenvalue weighted by atomic mass is 9.99. The molecule has 0 unspecified atom stereocenters. The summed E-state index contributed by atoms with van der Waals surface area (Å²) in [5.41, 5.74) is 2.10. The van der Waals surface area contributed by atoms with E-state index < -0.39 is 10.0 Å². The van der Waals surface area contributed by atoms with Gasteiger partial charge in [0.1, 0.15) is 5.75 Å². The molecular weight excluding hydrogens is 438 g/mol. The smallest absolute Gasteiger partial charge is 0.243 e. The molecule has 4 rings (SSSR count). The molecule has 1 amide bonds. The summed E-state index contributed by atoms with van der Waals surface area (Å²) in [6, 6.07) is 15.0. The maximum Gasteiger partial charge on any atom is 0.243 e. The first-order valence-corrected chi connectivity index (χ1v) is 12.9. The zero-order valence-electron chi connectivity index (χ0n) is 19.2. The van der Waals surface area contributed by atoms with Crippen molar-refractivity contribution in [2.45, 2.75) is 37.6 Å². The van der Waals surface area contributed by atoms with E-state index >= 15 is 0 Å². The fourth-order valence-electron chi connectivity index (χ4n) is 4.44. The molecule has 1 aliphatic heterocycles. The van der Waals surface area contributed by atoms with Crippen LogP contribution in [0.5, 0.6) is 5.75 Å². The van der Waals surface area contributed by atoms with Crippen molar-refractivity contribution < 1.29 is 17.9 Å². The summed E-state index contributed by atoms with van der Waals surface area (Å²) in [5, 5.41) is 3.88. The Morgan fingerprint density at radius 1 is 1.18 bits per heavy atom. The van der Waals surface area contributed by atoms with E-state index in [1.807, 2.05) is 42.6 Å². The highest BCUT2D eigenvalue weighted by molar-refractivity contribution is 7.89. The van der Waals surface area contributed by atoms with Crippen LogP contribution in [0.3, 0.4) is 0 Å². The van der Waals surface area contributed by atoms with E-state index in [0.29, 0.717) is 32.4 Å². The van der Waals surface area contributed by atoms with Crippen LogP contribution in [0.4, 0.5) is 0 Å². The largest absolute Gasteiger partial charge is 0.497 e. The lowest BCUT2D eigenvalue weighted by molar-refractivity contribution is -0.126. The van der Waals surface area contributed by atoms with Crippen molar-refractivity contribution in [1.82, 2.24) is 14.2 Å². The van der Waals surface area contributed by atoms with E-state index in [9.17, 15) is 13.2 Å². The van der Waals surface area contributed by atoms with Gasteiger partial charge in [-0.05, 0) is 68.1 Å². The SMILES string of the molecule is CCn1ccc2cc(S(=O)(=O)N3CCC[C@H](C(=O)NCCc4cccc(OC)c4)C3)ccc21. The summed E-state index contributed by atoms with van der Waals surface area (Å²) in [6.45, 7) is 4.03. The number of aryl methyl sites for hydroxylation is 1. The van der Waals surface area contributed by atoms with E-state index in [-0.39, 0.29) is 23.3 Å². The predicted octanol–water partition coefficient (Wildman–Crippen LogP) is 3.43. The molecule has 7 nitrogen and oxygen atoms in total. The number of carbonyl (C=O) groups excluding carboxylic acids is 1. The van der Waals surface area contributed by atoms with Gasteiger partial charge in [-0.15, -0.1) is 0 Å². The zero-order chi connectivity index (χ0) is 23.4. The minimum atomic E-state index is -3.66. The first-order chi connectivity index (χ1) is 15.9. The number of ether oxygens (including phenoxy) is 1. The zero-order valence-corrected chi connectivity index (χ0v) is 20.0. The van der Waals surface area contributed by atoms with E-state index in [0.717, 1.165) is 28.8 Å². The maximum atomic E-state index is 13.3. The molecule has 0 bridgehead atoms. The van der Waals surface area contributed by atoms with Crippen LogP contribution in [-0.2, 0) is 27.8 Å². The van der Waals surface area contributed by atoms with Gasteiger partial charge in [-0.3, -0.25) is 4.79 Å². The Kier molecular flexibility index (Phi) is 7.05. The van der Waals surface area contributed by atoms with E-state index in [4.69, 9.17) is 4.74 Å². The van der Waals surface area contributed by atoms with Gasteiger partial charge < -0.3 is 14.6 Å². The van der Waals surface area contributed by atoms with Crippen molar-refractivity contribution in [3.8, 4) is 5.75 Å². The van der Waals surface area contributed by atoms with E-state index in [1.165, 1.54) is 4.31 Å². The Morgan fingerprint density at radius 2 is 2.03 bits per heavy atom. The van der Waals surface area contributed by atoms with Gasteiger partial charge in [0.05, 0.1) is 17.9 Å². The number of sulfonamides is 1. The normalized spacial score (nSPS) is 17.2. The van der Waals surface area contributed by atoms with Crippen molar-refractivity contribution in [3.63, 3.8) is 0 Å². The number of carbonyl (C=O) groups is 1. The number of nitrogens with one attached hydrogen (secondary N) is 1. The summed E-state index contributed by atoms with van der Waals surface area (Å²) in [5.74, 6) is 0.355. The lowest BCUT2D eigenvalue weighted by Crippen LogP contribution is -2.45. The molecule has 3 aromatic rings. The van der Waals surface area contributed by atoms with Crippen molar-refractivity contribution >= 4 is 26.8 Å². The first-order valence-electron chi connectivity index (χ1n) is 11.4. The average Bonchev–Trinajstić information content (AvgIpc) is 3.26. The minimum absolute atomic E-state index is 0.0896. The number of benzene rings is 2. The number of rotatable bonds is 8. The van der Waals surface area contributed by atoms with E-state index in [2.05, 4.69) is 16.8 Å². The fourth-order valence-corrected chi connectivity index (χ4v) is 6.00. The fraction of sp³-hybridized carbons (Fsp3) is 0.400. The summed E-state index contributed by atoms with van der Waals surface area (Å²) in [6.07, 6.45) is 4.01. The van der Waals surface area contributed by atoms with Gasteiger partial charge >= 0.3 is 0 Å². The Labute approximate surface area is 195 Å². The second-order valence-electron chi connectivity index (χ2n) is 8.42. The molecule has 1 aliphatic rings. The molecule has 0 aliphatic carbocycles. The molecule has 33 heavy (non-hydrogen) atoms. The molecule has 1 aromatic heterocycles. The quantitative estimate of drug-likeness (QED) is 0.548. The second kappa shape index (κ2) is 9.97. The minimum Gasteiger partial charge on any atom is -0.497 e. The highest BCUT2D eigenvalue weighted by Gasteiger charge is 2.33. The Bertz CT molecular complexity index is 1240. The molecule has 2 aromatic carbocycles. The standard InChI is InChI=1S/C25H31N3O4S/c1-3-27-15-12-20-17-23(9-10-24(20)27)33(30,31)28-14-5-7-21(18-28)25(29)26-13-11-19-6-4-8-22(16-19)32-2/h4,6,8-10,12,15-17,21H,3,5,7,11,13-14,18H2,1-2H3,(H,26,29)/t21-/m0/s1. The van der Waals surface area contributed by atoms with Crippen LogP contribution in [-0.4, -0.2) is 49.9 Å². The van der Waals surface area contributed by atoms with Gasteiger partial charge in [-0.2, -0.15) is 4.31 Å². The Morgan fingerprint density at radius 3 is 2.82 bits per heavy atom. The number of hydrogen-bond acceptors (Lipinski definition) is 4. The number of piperidine rings is 1. The number of hydrogen-bond donors (Lipinski definition) is 1. The summed E-state index contributed by atoms with van der Waals surface area (Å²) < 4.78 is 35.4. The highest BCUT2D eigenvalue weighted by atomic mass is 32.2.